The zero-order valence-corrected chi connectivity index (χ0v) is 15.4. The van der Waals surface area contributed by atoms with E-state index in [9.17, 15) is 14.4 Å². The summed E-state index contributed by atoms with van der Waals surface area (Å²) in [4.78, 5) is 41.1. The second-order valence-corrected chi connectivity index (χ2v) is 7.83. The lowest BCUT2D eigenvalue weighted by Crippen LogP contribution is -2.46. The number of carbonyl (C=O) groups is 3. The van der Waals surface area contributed by atoms with E-state index in [4.69, 9.17) is 0 Å². The van der Waals surface area contributed by atoms with Crippen molar-refractivity contribution in [3.05, 3.63) is 35.4 Å². The second kappa shape index (κ2) is 6.11. The Hall–Kier alpha value is -2.37. The minimum absolute atomic E-state index is 0.0283. The molecule has 1 spiro atoms. The summed E-state index contributed by atoms with van der Waals surface area (Å²) in [6.45, 7) is 1.45. The van der Waals surface area contributed by atoms with Gasteiger partial charge in [0.1, 0.15) is 6.04 Å². The number of urea groups is 1. The largest absolute Gasteiger partial charge is 0.343 e. The fourth-order valence-corrected chi connectivity index (χ4v) is 4.84. The van der Waals surface area contributed by atoms with Crippen LogP contribution < -0.4 is 0 Å². The first-order chi connectivity index (χ1) is 12.4. The average Bonchev–Trinajstić information content (AvgIpc) is 3.10. The monoisotopic (exact) mass is 355 g/mol. The Kier molecular flexibility index (Phi) is 4.01. The smallest absolute Gasteiger partial charge is 0.326 e. The third kappa shape index (κ3) is 2.50. The number of amides is 4. The van der Waals surface area contributed by atoms with Crippen LogP contribution in [0.5, 0.6) is 0 Å². The number of hydrogen-bond acceptors (Lipinski definition) is 3. The summed E-state index contributed by atoms with van der Waals surface area (Å²) in [6, 6.07) is 7.67. The van der Waals surface area contributed by atoms with Crippen molar-refractivity contribution in [1.29, 1.82) is 0 Å². The molecule has 26 heavy (non-hydrogen) atoms. The van der Waals surface area contributed by atoms with Crippen molar-refractivity contribution in [3.8, 4) is 0 Å². The standard InChI is InChI=1S/C20H25N3O3/c1-21-16(18(25)22(2)19(21)26)13-17(24)23-11-9-20(10-12-23)8-7-14-5-3-4-6-15(14)20/h3-6,16H,7-13H2,1-2H3/t16-/m1/s1. The first-order valence-electron chi connectivity index (χ1n) is 9.33. The number of benzene rings is 1. The molecule has 0 aromatic heterocycles. The van der Waals surface area contributed by atoms with Crippen LogP contribution >= 0.6 is 0 Å². The lowest BCUT2D eigenvalue weighted by Gasteiger charge is -2.40. The quantitative estimate of drug-likeness (QED) is 0.760. The van der Waals surface area contributed by atoms with Gasteiger partial charge < -0.3 is 9.80 Å². The van der Waals surface area contributed by atoms with Crippen LogP contribution in [0.1, 0.15) is 36.8 Å². The highest BCUT2D eigenvalue weighted by atomic mass is 16.2. The number of likely N-dealkylation sites (N-methyl/N-ethyl adjacent to an activating group) is 2. The van der Waals surface area contributed by atoms with Gasteiger partial charge in [0.2, 0.25) is 5.91 Å². The molecule has 1 aromatic carbocycles. The Bertz CT molecular complexity index is 767. The van der Waals surface area contributed by atoms with E-state index in [1.165, 1.54) is 23.1 Å². The fraction of sp³-hybridized carbons (Fsp3) is 0.550. The van der Waals surface area contributed by atoms with E-state index in [0.717, 1.165) is 43.7 Å². The highest BCUT2D eigenvalue weighted by Crippen LogP contribution is 2.46. The zero-order chi connectivity index (χ0) is 18.5. The minimum Gasteiger partial charge on any atom is -0.343 e. The maximum atomic E-state index is 12.7. The van der Waals surface area contributed by atoms with Crippen molar-refractivity contribution in [2.24, 2.45) is 0 Å². The van der Waals surface area contributed by atoms with Gasteiger partial charge in [0, 0.05) is 27.2 Å². The highest BCUT2D eigenvalue weighted by Gasteiger charge is 2.44. The molecule has 0 radical (unpaired) electrons. The third-order valence-electron chi connectivity index (χ3n) is 6.57. The summed E-state index contributed by atoms with van der Waals surface area (Å²) in [6.07, 6.45) is 4.32. The third-order valence-corrected chi connectivity index (χ3v) is 6.57. The number of likely N-dealkylation sites (tertiary alicyclic amines) is 1. The number of hydrogen-bond donors (Lipinski definition) is 0. The van der Waals surface area contributed by atoms with Gasteiger partial charge in [-0.15, -0.1) is 0 Å². The fourth-order valence-electron chi connectivity index (χ4n) is 4.84. The van der Waals surface area contributed by atoms with Gasteiger partial charge in [0.15, 0.2) is 0 Å². The van der Waals surface area contributed by atoms with Crippen LogP contribution in [0.15, 0.2) is 24.3 Å². The van der Waals surface area contributed by atoms with Gasteiger partial charge in [-0.25, -0.2) is 4.79 Å². The molecular formula is C20H25N3O3. The van der Waals surface area contributed by atoms with Gasteiger partial charge in [-0.3, -0.25) is 14.5 Å². The number of piperidine rings is 1. The Balaban J connectivity index is 1.41. The van der Waals surface area contributed by atoms with E-state index in [2.05, 4.69) is 24.3 Å². The van der Waals surface area contributed by atoms with Crippen molar-refractivity contribution in [2.75, 3.05) is 27.2 Å². The first-order valence-corrected chi connectivity index (χ1v) is 9.33. The highest BCUT2D eigenvalue weighted by molar-refractivity contribution is 6.05. The molecule has 1 aliphatic carbocycles. The zero-order valence-electron chi connectivity index (χ0n) is 15.4. The normalized spacial score (nSPS) is 24.5. The number of rotatable bonds is 2. The molecule has 1 aromatic rings. The molecule has 2 heterocycles. The maximum absolute atomic E-state index is 12.7. The molecule has 2 saturated heterocycles. The van der Waals surface area contributed by atoms with Crippen LogP contribution in [0.2, 0.25) is 0 Å². The SMILES string of the molecule is CN1C(=O)[C@@H](CC(=O)N2CCC3(CCc4ccccc43)CC2)N(C)C1=O. The molecule has 0 bridgehead atoms. The summed E-state index contributed by atoms with van der Waals surface area (Å²) in [5.74, 6) is -0.316. The van der Waals surface area contributed by atoms with Gasteiger partial charge in [-0.05, 0) is 42.2 Å². The first kappa shape index (κ1) is 17.1. The van der Waals surface area contributed by atoms with E-state index in [0.29, 0.717) is 0 Å². The molecule has 2 aliphatic heterocycles. The number of nitrogens with zero attached hydrogens (tertiary/aromatic N) is 3. The lowest BCUT2D eigenvalue weighted by atomic mass is 9.74. The molecule has 0 N–H and O–H groups in total. The number of carbonyl (C=O) groups excluding carboxylic acids is 3. The Morgan fingerprint density at radius 2 is 1.81 bits per heavy atom. The van der Waals surface area contributed by atoms with E-state index in [1.54, 1.807) is 7.05 Å². The molecule has 6 heteroatoms. The molecule has 4 amide bonds. The van der Waals surface area contributed by atoms with Crippen molar-refractivity contribution in [1.82, 2.24) is 14.7 Å². The molecule has 0 unspecified atom stereocenters. The summed E-state index contributed by atoms with van der Waals surface area (Å²) < 4.78 is 0. The van der Waals surface area contributed by atoms with Crippen molar-refractivity contribution < 1.29 is 14.4 Å². The van der Waals surface area contributed by atoms with E-state index >= 15 is 0 Å². The predicted molar refractivity (Wildman–Crippen MR) is 96.6 cm³/mol. The van der Waals surface area contributed by atoms with Gasteiger partial charge in [0.25, 0.3) is 5.91 Å². The van der Waals surface area contributed by atoms with Gasteiger partial charge in [-0.1, -0.05) is 24.3 Å². The molecule has 138 valence electrons. The number of imide groups is 1. The summed E-state index contributed by atoms with van der Waals surface area (Å²) in [7, 11) is 3.05. The van der Waals surface area contributed by atoms with Crippen LogP contribution in [-0.4, -0.2) is 65.8 Å². The molecule has 0 saturated carbocycles. The topological polar surface area (TPSA) is 60.9 Å². The predicted octanol–water partition coefficient (Wildman–Crippen LogP) is 1.78. The molecular weight excluding hydrogens is 330 g/mol. The van der Waals surface area contributed by atoms with Crippen LogP contribution in [0.25, 0.3) is 0 Å². The molecule has 1 atom stereocenters. The lowest BCUT2D eigenvalue weighted by molar-refractivity contribution is -0.137. The van der Waals surface area contributed by atoms with Crippen molar-refractivity contribution in [2.45, 2.75) is 43.6 Å². The van der Waals surface area contributed by atoms with Gasteiger partial charge in [0.05, 0.1) is 6.42 Å². The molecule has 6 nitrogen and oxygen atoms in total. The summed E-state index contributed by atoms with van der Waals surface area (Å²) >= 11 is 0. The Labute approximate surface area is 153 Å². The average molecular weight is 355 g/mol. The van der Waals surface area contributed by atoms with E-state index < -0.39 is 6.04 Å². The van der Waals surface area contributed by atoms with Crippen LogP contribution in [0.3, 0.4) is 0 Å². The number of fused-ring (bicyclic) bond motifs is 2. The van der Waals surface area contributed by atoms with Gasteiger partial charge >= 0.3 is 6.03 Å². The van der Waals surface area contributed by atoms with Crippen molar-refractivity contribution >= 4 is 17.8 Å². The second-order valence-electron chi connectivity index (χ2n) is 7.83. The molecule has 2 fully saturated rings. The minimum atomic E-state index is -0.664. The molecule has 4 rings (SSSR count). The van der Waals surface area contributed by atoms with Crippen LogP contribution in [0.4, 0.5) is 4.79 Å². The van der Waals surface area contributed by atoms with Crippen LogP contribution in [-0.2, 0) is 21.4 Å². The van der Waals surface area contributed by atoms with Crippen molar-refractivity contribution in [3.63, 3.8) is 0 Å². The molecule has 3 aliphatic rings. The Morgan fingerprint density at radius 1 is 1.12 bits per heavy atom. The van der Waals surface area contributed by atoms with E-state index in [-0.39, 0.29) is 29.7 Å². The summed E-state index contributed by atoms with van der Waals surface area (Å²) in [5.41, 5.74) is 3.13. The van der Waals surface area contributed by atoms with Gasteiger partial charge in [-0.2, -0.15) is 0 Å². The summed E-state index contributed by atoms with van der Waals surface area (Å²) in [5, 5.41) is 0. The maximum Gasteiger partial charge on any atom is 0.326 e. The van der Waals surface area contributed by atoms with Crippen LogP contribution in [0, 0.1) is 0 Å². The Morgan fingerprint density at radius 3 is 2.46 bits per heavy atom. The number of aryl methyl sites for hydroxylation is 1. The van der Waals surface area contributed by atoms with E-state index in [1.807, 2.05) is 4.90 Å².